The molecule has 0 unspecified atom stereocenters. The smallest absolute Gasteiger partial charge is 0.122 e. The summed E-state index contributed by atoms with van der Waals surface area (Å²) in [5.74, 6) is 0.577. The van der Waals surface area contributed by atoms with Crippen molar-refractivity contribution < 1.29 is 4.74 Å². The first-order valence-electron chi connectivity index (χ1n) is 5.62. The van der Waals surface area contributed by atoms with Crippen LogP contribution in [0, 0.1) is 25.2 Å². The predicted octanol–water partition coefficient (Wildman–Crippen LogP) is 1.74. The van der Waals surface area contributed by atoms with E-state index in [0.29, 0.717) is 11.4 Å². The Morgan fingerprint density at radius 2 is 2.31 bits per heavy atom. The van der Waals surface area contributed by atoms with Crippen LogP contribution in [-0.2, 0) is 11.3 Å². The van der Waals surface area contributed by atoms with E-state index in [0.717, 1.165) is 37.3 Å². The van der Waals surface area contributed by atoms with Gasteiger partial charge in [-0.15, -0.1) is 0 Å². The van der Waals surface area contributed by atoms with Gasteiger partial charge in [0.15, 0.2) is 0 Å². The van der Waals surface area contributed by atoms with Crippen LogP contribution < -0.4 is 5.73 Å². The highest BCUT2D eigenvalue weighted by atomic mass is 16.5. The number of anilines is 1. The second-order valence-electron chi connectivity index (χ2n) is 4.33. The number of aromatic nitrogens is 1. The van der Waals surface area contributed by atoms with Crippen LogP contribution >= 0.6 is 0 Å². The Balaban J connectivity index is 2.30. The summed E-state index contributed by atoms with van der Waals surface area (Å²) < 4.78 is 7.59. The zero-order chi connectivity index (χ0) is 11.7. The topological polar surface area (TPSA) is 64.0 Å². The predicted molar refractivity (Wildman–Crippen MR) is 62.0 cm³/mol. The second-order valence-corrected chi connectivity index (χ2v) is 4.33. The van der Waals surface area contributed by atoms with Crippen LogP contribution in [0.3, 0.4) is 0 Å². The second kappa shape index (κ2) is 4.18. The normalized spacial score (nSPS) is 19.9. The van der Waals surface area contributed by atoms with Gasteiger partial charge in [-0.1, -0.05) is 0 Å². The summed E-state index contributed by atoms with van der Waals surface area (Å²) in [5, 5.41) is 9.02. The van der Waals surface area contributed by atoms with Gasteiger partial charge >= 0.3 is 0 Å². The van der Waals surface area contributed by atoms with Gasteiger partial charge in [-0.25, -0.2) is 0 Å². The van der Waals surface area contributed by atoms with E-state index in [9.17, 15) is 0 Å². The van der Waals surface area contributed by atoms with E-state index in [-0.39, 0.29) is 6.10 Å². The molecule has 1 aliphatic heterocycles. The van der Waals surface area contributed by atoms with E-state index in [1.165, 1.54) is 0 Å². The van der Waals surface area contributed by atoms with Gasteiger partial charge in [0.25, 0.3) is 0 Å². The maximum absolute atomic E-state index is 9.02. The molecule has 4 heteroatoms. The van der Waals surface area contributed by atoms with Crippen molar-refractivity contribution in [1.82, 2.24) is 4.57 Å². The maximum atomic E-state index is 9.02. The molecule has 0 aromatic carbocycles. The largest absolute Gasteiger partial charge is 0.384 e. The van der Waals surface area contributed by atoms with Crippen LogP contribution in [0.1, 0.15) is 29.7 Å². The van der Waals surface area contributed by atoms with Crippen molar-refractivity contribution in [2.45, 2.75) is 39.3 Å². The molecule has 0 radical (unpaired) electrons. The Morgan fingerprint density at radius 3 is 2.81 bits per heavy atom. The van der Waals surface area contributed by atoms with E-state index in [1.54, 1.807) is 0 Å². The highest BCUT2D eigenvalue weighted by molar-refractivity contribution is 5.57. The van der Waals surface area contributed by atoms with Gasteiger partial charge in [-0.3, -0.25) is 0 Å². The highest BCUT2D eigenvalue weighted by Gasteiger charge is 2.21. The molecule has 1 aromatic heterocycles. The number of ether oxygens (including phenoxy) is 1. The molecule has 2 N–H and O–H groups in total. The third kappa shape index (κ3) is 1.68. The molecule has 4 nitrogen and oxygen atoms in total. The molecule has 1 fully saturated rings. The van der Waals surface area contributed by atoms with Gasteiger partial charge in [0, 0.05) is 12.3 Å². The molecule has 0 bridgehead atoms. The molecule has 1 atom stereocenters. The Hall–Kier alpha value is -1.47. The van der Waals surface area contributed by atoms with Gasteiger partial charge in [0.2, 0.25) is 0 Å². The minimum atomic E-state index is 0.249. The Bertz CT molecular complexity index is 436. The summed E-state index contributed by atoms with van der Waals surface area (Å²) in [7, 11) is 0. The van der Waals surface area contributed by atoms with E-state index in [4.69, 9.17) is 15.7 Å². The standard InChI is InChI=1S/C12H17N3O/c1-8-9(2)15(12(14)11(8)6-13)7-10-4-3-5-16-10/h10H,3-5,7,14H2,1-2H3/t10-/m0/s1. The van der Waals surface area contributed by atoms with Crippen LogP contribution in [0.15, 0.2) is 0 Å². The van der Waals surface area contributed by atoms with Crippen LogP contribution in [0.25, 0.3) is 0 Å². The number of nitrogen functional groups attached to an aromatic ring is 1. The van der Waals surface area contributed by atoms with Gasteiger partial charge in [-0.05, 0) is 32.3 Å². The molecule has 1 saturated heterocycles. The Morgan fingerprint density at radius 1 is 1.56 bits per heavy atom. The number of rotatable bonds is 2. The van der Waals surface area contributed by atoms with E-state index in [2.05, 4.69) is 6.07 Å². The molecule has 1 aliphatic rings. The van der Waals surface area contributed by atoms with Crippen molar-refractivity contribution in [3.05, 3.63) is 16.8 Å². The summed E-state index contributed by atoms with van der Waals surface area (Å²) in [6.45, 7) is 5.55. The lowest BCUT2D eigenvalue weighted by Crippen LogP contribution is -2.17. The summed E-state index contributed by atoms with van der Waals surface area (Å²) in [4.78, 5) is 0. The fraction of sp³-hybridized carbons (Fsp3) is 0.583. The van der Waals surface area contributed by atoms with Gasteiger partial charge in [0.1, 0.15) is 11.9 Å². The van der Waals surface area contributed by atoms with Gasteiger partial charge in [0.05, 0.1) is 18.2 Å². The van der Waals surface area contributed by atoms with E-state index >= 15 is 0 Å². The quantitative estimate of drug-likeness (QED) is 0.824. The lowest BCUT2D eigenvalue weighted by molar-refractivity contribution is 0.0971. The van der Waals surface area contributed by atoms with Crippen LogP contribution in [0.2, 0.25) is 0 Å². The van der Waals surface area contributed by atoms with Crippen LogP contribution in [-0.4, -0.2) is 17.3 Å². The summed E-state index contributed by atoms with van der Waals surface area (Å²) in [6, 6.07) is 2.16. The molecular formula is C12H17N3O. The van der Waals surface area contributed by atoms with Gasteiger partial charge < -0.3 is 15.0 Å². The van der Waals surface area contributed by atoms with Crippen LogP contribution in [0.4, 0.5) is 5.82 Å². The summed E-state index contributed by atoms with van der Waals surface area (Å²) in [5.41, 5.74) is 8.64. The van der Waals surface area contributed by atoms with Gasteiger partial charge in [-0.2, -0.15) is 5.26 Å². The first kappa shape index (κ1) is 11.0. The first-order valence-corrected chi connectivity index (χ1v) is 5.62. The maximum Gasteiger partial charge on any atom is 0.122 e. The van der Waals surface area contributed by atoms with E-state index < -0.39 is 0 Å². The average Bonchev–Trinajstić information content (AvgIpc) is 2.83. The monoisotopic (exact) mass is 219 g/mol. The Kier molecular flexibility index (Phi) is 2.88. The summed E-state index contributed by atoms with van der Waals surface area (Å²) in [6.07, 6.45) is 2.45. The first-order chi connectivity index (χ1) is 7.65. The molecule has 86 valence electrons. The molecule has 0 amide bonds. The van der Waals surface area contributed by atoms with Crippen molar-refractivity contribution in [3.8, 4) is 6.07 Å². The minimum Gasteiger partial charge on any atom is -0.384 e. The minimum absolute atomic E-state index is 0.249. The third-order valence-electron chi connectivity index (χ3n) is 3.39. The molecule has 2 rings (SSSR count). The number of nitrogens with two attached hydrogens (primary N) is 1. The number of nitriles is 1. The third-order valence-corrected chi connectivity index (χ3v) is 3.39. The van der Waals surface area contributed by atoms with Crippen molar-refractivity contribution >= 4 is 5.82 Å². The molecule has 16 heavy (non-hydrogen) atoms. The average molecular weight is 219 g/mol. The lowest BCUT2D eigenvalue weighted by Gasteiger charge is -2.14. The fourth-order valence-corrected chi connectivity index (χ4v) is 2.26. The SMILES string of the molecule is Cc1c(C#N)c(N)n(C[C@@H]2CCCO2)c1C. The molecule has 0 saturated carbocycles. The number of hydrogen-bond acceptors (Lipinski definition) is 3. The number of hydrogen-bond donors (Lipinski definition) is 1. The molecular weight excluding hydrogens is 202 g/mol. The highest BCUT2D eigenvalue weighted by Crippen LogP contribution is 2.25. The molecule has 1 aromatic rings. The van der Waals surface area contributed by atoms with Crippen molar-refractivity contribution in [3.63, 3.8) is 0 Å². The van der Waals surface area contributed by atoms with Crippen LogP contribution in [0.5, 0.6) is 0 Å². The zero-order valence-electron chi connectivity index (χ0n) is 9.79. The van der Waals surface area contributed by atoms with Crippen molar-refractivity contribution in [1.29, 1.82) is 5.26 Å². The number of nitrogens with zero attached hydrogens (tertiary/aromatic N) is 2. The fourth-order valence-electron chi connectivity index (χ4n) is 2.26. The molecule has 2 heterocycles. The Labute approximate surface area is 95.6 Å². The zero-order valence-corrected chi connectivity index (χ0v) is 9.79. The van der Waals surface area contributed by atoms with Crippen molar-refractivity contribution in [2.24, 2.45) is 0 Å². The van der Waals surface area contributed by atoms with Crippen molar-refractivity contribution in [2.75, 3.05) is 12.3 Å². The lowest BCUT2D eigenvalue weighted by atomic mass is 10.2. The van der Waals surface area contributed by atoms with E-state index in [1.807, 2.05) is 18.4 Å². The molecule has 0 spiro atoms. The molecule has 0 aliphatic carbocycles. The summed E-state index contributed by atoms with van der Waals surface area (Å²) >= 11 is 0.